The van der Waals surface area contributed by atoms with Crippen molar-refractivity contribution in [2.75, 3.05) is 13.2 Å². The van der Waals surface area contributed by atoms with Crippen LogP contribution in [-0.4, -0.2) is 29.0 Å². The highest BCUT2D eigenvalue weighted by atomic mass is 16.5. The number of hydrogen-bond acceptors (Lipinski definition) is 3. The maximum Gasteiger partial charge on any atom is 0.206 e. The van der Waals surface area contributed by atoms with E-state index >= 15 is 0 Å². The molecule has 1 N–H and O–H groups in total. The van der Waals surface area contributed by atoms with Gasteiger partial charge in [-0.15, -0.1) is 0 Å². The number of nitrogens with one attached hydrogen (secondary N) is 1. The second kappa shape index (κ2) is 3.88. The van der Waals surface area contributed by atoms with Crippen molar-refractivity contribution >= 4 is 5.78 Å². The SMILES string of the molecule is CCOCC(=O)c1cnc[nH]1. The zero-order chi connectivity index (χ0) is 8.10. The molecule has 1 aromatic rings. The molecule has 0 aromatic carbocycles. The van der Waals surface area contributed by atoms with Gasteiger partial charge in [-0.05, 0) is 6.92 Å². The quantitative estimate of drug-likeness (QED) is 0.647. The maximum absolute atomic E-state index is 11.1. The third kappa shape index (κ3) is 2.16. The van der Waals surface area contributed by atoms with Gasteiger partial charge in [0.25, 0.3) is 0 Å². The lowest BCUT2D eigenvalue weighted by atomic mass is 10.3. The number of imidazole rings is 1. The fourth-order valence-corrected chi connectivity index (χ4v) is 0.681. The lowest BCUT2D eigenvalue weighted by Gasteiger charge is -1.96. The lowest BCUT2D eigenvalue weighted by molar-refractivity contribution is 0.0779. The minimum Gasteiger partial charge on any atom is -0.374 e. The molecule has 0 aliphatic heterocycles. The van der Waals surface area contributed by atoms with Crippen LogP contribution in [0, 0.1) is 0 Å². The molecule has 0 bridgehead atoms. The number of H-pyrrole nitrogens is 1. The van der Waals surface area contributed by atoms with Crippen LogP contribution in [-0.2, 0) is 4.74 Å². The van der Waals surface area contributed by atoms with Crippen LogP contribution in [0.3, 0.4) is 0 Å². The van der Waals surface area contributed by atoms with Gasteiger partial charge in [0.15, 0.2) is 0 Å². The summed E-state index contributed by atoms with van der Waals surface area (Å²) in [5.41, 5.74) is 0.499. The molecule has 0 aliphatic rings. The van der Waals surface area contributed by atoms with Gasteiger partial charge in [-0.2, -0.15) is 0 Å². The normalized spacial score (nSPS) is 9.91. The second-order valence-corrected chi connectivity index (χ2v) is 2.03. The van der Waals surface area contributed by atoms with E-state index in [1.165, 1.54) is 12.5 Å². The van der Waals surface area contributed by atoms with Crippen molar-refractivity contribution < 1.29 is 9.53 Å². The van der Waals surface area contributed by atoms with Gasteiger partial charge in [-0.1, -0.05) is 0 Å². The Hall–Kier alpha value is -1.16. The minimum absolute atomic E-state index is 0.0654. The van der Waals surface area contributed by atoms with Gasteiger partial charge < -0.3 is 9.72 Å². The number of Topliss-reactive ketones (excluding diaryl/α,β-unsaturated/α-hetero) is 1. The highest BCUT2D eigenvalue weighted by Crippen LogP contribution is 1.92. The van der Waals surface area contributed by atoms with Crippen molar-refractivity contribution in [3.63, 3.8) is 0 Å². The van der Waals surface area contributed by atoms with E-state index in [2.05, 4.69) is 9.97 Å². The minimum atomic E-state index is -0.0654. The molecule has 0 atom stereocenters. The van der Waals surface area contributed by atoms with Crippen molar-refractivity contribution in [1.82, 2.24) is 9.97 Å². The first-order valence-corrected chi connectivity index (χ1v) is 3.44. The molecule has 0 amide bonds. The average molecular weight is 154 g/mol. The van der Waals surface area contributed by atoms with Crippen molar-refractivity contribution in [3.8, 4) is 0 Å². The number of ether oxygens (including phenoxy) is 1. The van der Waals surface area contributed by atoms with Gasteiger partial charge in [0.2, 0.25) is 5.78 Å². The zero-order valence-corrected chi connectivity index (χ0v) is 6.33. The summed E-state index contributed by atoms with van der Waals surface area (Å²) in [6.45, 7) is 2.53. The number of aromatic amines is 1. The van der Waals surface area contributed by atoms with Gasteiger partial charge in [0, 0.05) is 6.61 Å². The van der Waals surface area contributed by atoms with Crippen molar-refractivity contribution in [2.24, 2.45) is 0 Å². The van der Waals surface area contributed by atoms with E-state index in [9.17, 15) is 4.79 Å². The summed E-state index contributed by atoms with van der Waals surface area (Å²) < 4.78 is 4.92. The first-order valence-electron chi connectivity index (χ1n) is 3.44. The molecule has 0 aliphatic carbocycles. The molecule has 1 heterocycles. The van der Waals surface area contributed by atoms with Crippen molar-refractivity contribution in [2.45, 2.75) is 6.92 Å². The Morgan fingerprint density at radius 3 is 3.18 bits per heavy atom. The van der Waals surface area contributed by atoms with Crippen molar-refractivity contribution in [3.05, 3.63) is 18.2 Å². The van der Waals surface area contributed by atoms with Crippen LogP contribution < -0.4 is 0 Å². The topological polar surface area (TPSA) is 55.0 Å². The van der Waals surface area contributed by atoms with Crippen molar-refractivity contribution in [1.29, 1.82) is 0 Å². The molecular formula is C7H10N2O2. The van der Waals surface area contributed by atoms with Crippen LogP contribution in [0.4, 0.5) is 0 Å². The van der Waals surface area contributed by atoms with Gasteiger partial charge in [0.1, 0.15) is 12.3 Å². The first kappa shape index (κ1) is 7.94. The fourth-order valence-electron chi connectivity index (χ4n) is 0.681. The number of carbonyl (C=O) groups is 1. The van der Waals surface area contributed by atoms with E-state index in [1.54, 1.807) is 0 Å². The number of rotatable bonds is 4. The third-order valence-electron chi connectivity index (χ3n) is 1.24. The Morgan fingerprint density at radius 2 is 2.64 bits per heavy atom. The van der Waals surface area contributed by atoms with Crippen LogP contribution in [0.15, 0.2) is 12.5 Å². The van der Waals surface area contributed by atoms with E-state index in [0.717, 1.165) is 0 Å². The summed E-state index contributed by atoms with van der Waals surface area (Å²) in [7, 11) is 0. The predicted octanol–water partition coefficient (Wildman–Crippen LogP) is 0.629. The Kier molecular flexibility index (Phi) is 2.80. The van der Waals surface area contributed by atoms with E-state index in [1.807, 2.05) is 6.92 Å². The average Bonchev–Trinajstić information content (AvgIpc) is 2.52. The summed E-state index contributed by atoms with van der Waals surface area (Å²) in [5.74, 6) is -0.0654. The summed E-state index contributed by atoms with van der Waals surface area (Å²) in [4.78, 5) is 17.5. The maximum atomic E-state index is 11.1. The number of carbonyl (C=O) groups excluding carboxylic acids is 1. The molecule has 0 radical (unpaired) electrons. The Balaban J connectivity index is 2.43. The molecule has 1 aromatic heterocycles. The van der Waals surface area contributed by atoms with E-state index in [-0.39, 0.29) is 12.4 Å². The molecule has 0 saturated carbocycles. The van der Waals surface area contributed by atoms with E-state index < -0.39 is 0 Å². The molecule has 11 heavy (non-hydrogen) atoms. The molecule has 1 rings (SSSR count). The summed E-state index contributed by atoms with van der Waals surface area (Å²) in [6.07, 6.45) is 2.96. The van der Waals surface area contributed by atoms with E-state index in [0.29, 0.717) is 12.3 Å². The molecule has 0 fully saturated rings. The molecular weight excluding hydrogens is 144 g/mol. The number of hydrogen-bond donors (Lipinski definition) is 1. The highest BCUT2D eigenvalue weighted by Gasteiger charge is 2.05. The van der Waals surface area contributed by atoms with Crippen LogP contribution in [0.2, 0.25) is 0 Å². The Morgan fingerprint density at radius 1 is 1.82 bits per heavy atom. The molecule has 4 nitrogen and oxygen atoms in total. The monoisotopic (exact) mass is 154 g/mol. The molecule has 0 spiro atoms. The van der Waals surface area contributed by atoms with Crippen LogP contribution in [0.25, 0.3) is 0 Å². The van der Waals surface area contributed by atoms with Gasteiger partial charge in [-0.3, -0.25) is 4.79 Å². The number of aromatic nitrogens is 2. The third-order valence-corrected chi connectivity index (χ3v) is 1.24. The molecule has 0 saturated heterocycles. The summed E-state index contributed by atoms with van der Waals surface area (Å²) >= 11 is 0. The molecule has 60 valence electrons. The standard InChI is InChI=1S/C7H10N2O2/c1-2-11-4-7(10)6-3-8-5-9-6/h3,5H,2,4H2,1H3,(H,8,9). The van der Waals surface area contributed by atoms with Gasteiger partial charge >= 0.3 is 0 Å². The summed E-state index contributed by atoms with van der Waals surface area (Å²) in [5, 5.41) is 0. The van der Waals surface area contributed by atoms with E-state index in [4.69, 9.17) is 4.74 Å². The van der Waals surface area contributed by atoms with Crippen LogP contribution in [0.5, 0.6) is 0 Å². The zero-order valence-electron chi connectivity index (χ0n) is 6.33. The largest absolute Gasteiger partial charge is 0.374 e. The molecule has 0 unspecified atom stereocenters. The first-order chi connectivity index (χ1) is 5.34. The Bertz CT molecular complexity index is 218. The smallest absolute Gasteiger partial charge is 0.206 e. The van der Waals surface area contributed by atoms with Crippen LogP contribution >= 0.6 is 0 Å². The molecule has 4 heteroatoms. The second-order valence-electron chi connectivity index (χ2n) is 2.03. The Labute approximate surface area is 64.6 Å². The lowest BCUT2D eigenvalue weighted by Crippen LogP contribution is -2.08. The highest BCUT2D eigenvalue weighted by molar-refractivity contribution is 5.94. The van der Waals surface area contributed by atoms with Crippen LogP contribution in [0.1, 0.15) is 17.4 Å². The predicted molar refractivity (Wildman–Crippen MR) is 39.4 cm³/mol. The van der Waals surface area contributed by atoms with Gasteiger partial charge in [-0.25, -0.2) is 4.98 Å². The number of ketones is 1. The van der Waals surface area contributed by atoms with Gasteiger partial charge in [0.05, 0.1) is 12.5 Å². The summed E-state index contributed by atoms with van der Waals surface area (Å²) in [6, 6.07) is 0. The fraction of sp³-hybridized carbons (Fsp3) is 0.429. The number of nitrogens with zero attached hydrogens (tertiary/aromatic N) is 1.